The molecule has 268 valence electrons. The zero-order valence-corrected chi connectivity index (χ0v) is 35.1. The van der Waals surface area contributed by atoms with Crippen molar-refractivity contribution in [2.24, 2.45) is 25.6 Å². The van der Waals surface area contributed by atoms with Crippen LogP contribution in [-0.2, 0) is 20.2 Å². The number of nitrogens with zero attached hydrogens (tertiary/aromatic N) is 5. The minimum atomic E-state index is -5.32. The molecule has 1 aliphatic rings. The number of carbonyl (C=O) groups excluding carboxylic acids is 1. The number of hydrazone groups is 1. The van der Waals surface area contributed by atoms with Gasteiger partial charge in [-0.15, -0.1) is 10.2 Å². The molecule has 5 aromatic rings. The SMILES string of the molecule is Cc1cc(N=Nc2ccc(-c3ccc(N=Nc4c(S(=O)(=O)[O-])cc5c(c4N)C(=O)/C(=N\Nc4ccccc4)C(S(=O)(=O)[O-])=C5)cc3)cc2)c(N)cc1N.[Na+].[Na+]. The molecule has 0 unspecified atom stereocenters. The summed E-state index contributed by atoms with van der Waals surface area (Å²) in [5.74, 6) is -1.13. The van der Waals surface area contributed by atoms with Crippen LogP contribution in [-0.4, -0.2) is 37.4 Å². The molecule has 0 amide bonds. The van der Waals surface area contributed by atoms with Crippen LogP contribution in [0.25, 0.3) is 17.2 Å². The molecule has 0 radical (unpaired) electrons. The second kappa shape index (κ2) is 17.5. The molecular formula is C35H27N9Na2O7S2. The van der Waals surface area contributed by atoms with Crippen molar-refractivity contribution in [1.29, 1.82) is 0 Å². The fourth-order valence-electron chi connectivity index (χ4n) is 5.19. The summed E-state index contributed by atoms with van der Waals surface area (Å²) in [6, 6.07) is 25.9. The Bertz CT molecular complexity index is 2640. The molecule has 6 rings (SSSR count). The smallest absolute Gasteiger partial charge is 0.744 e. The van der Waals surface area contributed by atoms with Crippen molar-refractivity contribution in [1.82, 2.24) is 0 Å². The molecule has 1 aliphatic carbocycles. The van der Waals surface area contributed by atoms with Crippen molar-refractivity contribution in [2.75, 3.05) is 22.6 Å². The Balaban J connectivity index is 0.00000336. The first kappa shape index (κ1) is 43.1. The Morgan fingerprint density at radius 1 is 0.673 bits per heavy atom. The van der Waals surface area contributed by atoms with Crippen molar-refractivity contribution in [3.63, 3.8) is 0 Å². The Kier molecular flexibility index (Phi) is 13.7. The van der Waals surface area contributed by atoms with E-state index in [-0.39, 0.29) is 64.8 Å². The van der Waals surface area contributed by atoms with E-state index in [1.165, 1.54) is 0 Å². The Morgan fingerprint density at radius 3 is 1.78 bits per heavy atom. The number of carbonyl (C=O) groups is 1. The molecule has 0 atom stereocenters. The normalized spacial score (nSPS) is 13.6. The molecule has 0 aliphatic heterocycles. The van der Waals surface area contributed by atoms with E-state index in [1.54, 1.807) is 78.9 Å². The third-order valence-corrected chi connectivity index (χ3v) is 9.63. The van der Waals surface area contributed by atoms with Gasteiger partial charge in [-0.1, -0.05) is 42.5 Å². The number of hydrogen-bond acceptors (Lipinski definition) is 16. The molecular weight excluding hydrogens is 769 g/mol. The average Bonchev–Trinajstić information content (AvgIpc) is 3.11. The molecule has 0 aromatic heterocycles. The number of nitrogens with two attached hydrogens (primary N) is 3. The van der Waals surface area contributed by atoms with Crippen molar-refractivity contribution >= 4 is 83.3 Å². The van der Waals surface area contributed by atoms with E-state index in [4.69, 9.17) is 17.2 Å². The number of nitrogens with one attached hydrogen (secondary N) is 1. The van der Waals surface area contributed by atoms with Gasteiger partial charge >= 0.3 is 59.1 Å². The fraction of sp³-hybridized carbons (Fsp3) is 0.0286. The topological polar surface area (TPSA) is 283 Å². The summed E-state index contributed by atoms with van der Waals surface area (Å²) in [4.78, 5) is 11.6. The average molecular weight is 796 g/mol. The van der Waals surface area contributed by atoms with Crippen LogP contribution in [0.5, 0.6) is 0 Å². The van der Waals surface area contributed by atoms with Crippen LogP contribution in [0.4, 0.5) is 45.5 Å². The Hall–Kier alpha value is -4.60. The van der Waals surface area contributed by atoms with Gasteiger partial charge in [-0.05, 0) is 89.9 Å². The minimum Gasteiger partial charge on any atom is -0.744 e. The van der Waals surface area contributed by atoms with Gasteiger partial charge in [-0.2, -0.15) is 15.3 Å². The molecule has 0 heterocycles. The first-order chi connectivity index (χ1) is 25.1. The molecule has 0 saturated carbocycles. The number of benzene rings is 5. The maximum absolute atomic E-state index is 13.6. The maximum atomic E-state index is 13.6. The van der Waals surface area contributed by atoms with Crippen molar-refractivity contribution in [2.45, 2.75) is 11.8 Å². The molecule has 0 bridgehead atoms. The largest absolute Gasteiger partial charge is 1.00 e. The van der Waals surface area contributed by atoms with E-state index >= 15 is 0 Å². The number of nitrogen functional groups attached to an aromatic ring is 3. The number of aryl methyl sites for hydroxylation is 1. The number of ketones is 1. The van der Waals surface area contributed by atoms with Gasteiger partial charge < -0.3 is 26.3 Å². The molecule has 5 aromatic carbocycles. The van der Waals surface area contributed by atoms with E-state index in [1.807, 2.05) is 19.1 Å². The van der Waals surface area contributed by atoms with Crippen molar-refractivity contribution in [3.8, 4) is 11.1 Å². The number of hydrogen-bond donors (Lipinski definition) is 4. The minimum absolute atomic E-state index is 0. The molecule has 0 spiro atoms. The molecule has 20 heteroatoms. The number of allylic oxidation sites excluding steroid dienone is 1. The van der Waals surface area contributed by atoms with Gasteiger partial charge in [0.2, 0.25) is 5.78 Å². The second-order valence-electron chi connectivity index (χ2n) is 11.5. The van der Waals surface area contributed by atoms with Gasteiger partial charge in [0.05, 0.1) is 43.8 Å². The van der Waals surface area contributed by atoms with Crippen LogP contribution in [0.15, 0.2) is 132 Å². The van der Waals surface area contributed by atoms with Gasteiger partial charge in [-0.25, -0.2) is 16.8 Å². The number of anilines is 4. The van der Waals surface area contributed by atoms with E-state index in [9.17, 15) is 30.7 Å². The molecule has 7 N–H and O–H groups in total. The van der Waals surface area contributed by atoms with Crippen LogP contribution in [0.1, 0.15) is 21.5 Å². The zero-order valence-electron chi connectivity index (χ0n) is 29.5. The summed E-state index contributed by atoms with van der Waals surface area (Å²) < 4.78 is 73.4. The monoisotopic (exact) mass is 795 g/mol. The van der Waals surface area contributed by atoms with E-state index in [0.29, 0.717) is 34.5 Å². The quantitative estimate of drug-likeness (QED) is 0.0530. The number of azo groups is 2. The van der Waals surface area contributed by atoms with Crippen LogP contribution >= 0.6 is 0 Å². The molecule has 55 heavy (non-hydrogen) atoms. The zero-order chi connectivity index (χ0) is 38.1. The summed E-state index contributed by atoms with van der Waals surface area (Å²) >= 11 is 0. The van der Waals surface area contributed by atoms with Gasteiger partial charge in [0.1, 0.15) is 37.3 Å². The molecule has 16 nitrogen and oxygen atoms in total. The third-order valence-electron chi connectivity index (χ3n) is 7.93. The number of fused-ring (bicyclic) bond motifs is 1. The van der Waals surface area contributed by atoms with Crippen LogP contribution in [0.2, 0.25) is 0 Å². The van der Waals surface area contributed by atoms with Gasteiger partial charge in [0.15, 0.2) is 0 Å². The summed E-state index contributed by atoms with van der Waals surface area (Å²) in [5.41, 5.74) is 22.7. The second-order valence-corrected chi connectivity index (χ2v) is 14.2. The summed E-state index contributed by atoms with van der Waals surface area (Å²) in [6.07, 6.45) is 0.723. The standard InChI is InChI=1S/C35H29N9O7S2.2Na/c1-19-15-28(27(37)18-26(19)36)42-39-24-11-7-20(8-12-24)21-9-13-25(14-10-21)41-43-33-29(52(46,47)48)16-22-17-30(53(49,50)51)34(35(45)31(22)32(33)38)44-40-23-5-3-2-4-6-23;;/h2-18,40H,36-38H2,1H3,(H,46,47,48)(H,49,50,51);;/q;2*+1/p-2/b42-39?,43-41?,44-34-;;. The number of para-hydroxylation sites is 1. The predicted octanol–water partition coefficient (Wildman–Crippen LogP) is 0.702. The van der Waals surface area contributed by atoms with Gasteiger partial charge in [0, 0.05) is 5.69 Å². The Labute approximate surface area is 359 Å². The summed E-state index contributed by atoms with van der Waals surface area (Å²) in [5, 5.41) is 20.3. The fourth-order valence-corrected chi connectivity index (χ4v) is 6.50. The van der Waals surface area contributed by atoms with Crippen molar-refractivity contribution < 1.29 is 89.9 Å². The van der Waals surface area contributed by atoms with E-state index < -0.39 is 64.0 Å². The van der Waals surface area contributed by atoms with Crippen LogP contribution in [0.3, 0.4) is 0 Å². The predicted molar refractivity (Wildman–Crippen MR) is 199 cm³/mol. The summed E-state index contributed by atoms with van der Waals surface area (Å²) in [7, 11) is -10.6. The van der Waals surface area contributed by atoms with Gasteiger partial charge in [0.25, 0.3) is 0 Å². The first-order valence-electron chi connectivity index (χ1n) is 15.3. The van der Waals surface area contributed by atoms with Crippen molar-refractivity contribution in [3.05, 3.63) is 119 Å². The van der Waals surface area contributed by atoms with E-state index in [2.05, 4.69) is 31.0 Å². The van der Waals surface area contributed by atoms with Crippen LogP contribution < -0.4 is 81.7 Å². The third kappa shape index (κ3) is 9.80. The molecule has 0 saturated heterocycles. The van der Waals surface area contributed by atoms with Crippen LogP contribution in [0, 0.1) is 6.92 Å². The first-order valence-corrected chi connectivity index (χ1v) is 18.1. The van der Waals surface area contributed by atoms with E-state index in [0.717, 1.165) is 22.8 Å². The summed E-state index contributed by atoms with van der Waals surface area (Å²) in [6.45, 7) is 1.84. The molecule has 0 fully saturated rings. The van der Waals surface area contributed by atoms with Gasteiger partial charge in [-0.3, -0.25) is 10.2 Å². The number of Topliss-reactive ketones (excluding diaryl/α,β-unsaturated/α-hetero) is 1. The Morgan fingerprint density at radius 2 is 1.24 bits per heavy atom. The maximum Gasteiger partial charge on any atom is 1.00 e. The number of rotatable bonds is 9.